The first kappa shape index (κ1) is 17.8. The van der Waals surface area contributed by atoms with E-state index in [0.29, 0.717) is 27.9 Å². The lowest BCUT2D eigenvalue weighted by Crippen LogP contribution is -2.35. The molecule has 0 aliphatic carbocycles. The van der Waals surface area contributed by atoms with Gasteiger partial charge in [-0.2, -0.15) is 5.10 Å². The first-order valence-electron chi connectivity index (χ1n) is 7.57. The monoisotopic (exact) mass is 385 g/mol. The summed E-state index contributed by atoms with van der Waals surface area (Å²) in [4.78, 5) is 13.3. The molecule has 2 heterocycles. The van der Waals surface area contributed by atoms with Crippen LogP contribution in [-0.2, 0) is 4.79 Å². The van der Waals surface area contributed by atoms with Gasteiger partial charge in [0.15, 0.2) is 0 Å². The van der Waals surface area contributed by atoms with Gasteiger partial charge in [0.25, 0.3) is 5.91 Å². The van der Waals surface area contributed by atoms with E-state index in [1.54, 1.807) is 18.2 Å². The standard InChI is InChI=1S/C16H17Cl2N3O2S/c17-11-1-2-12(13(18)7-11)14(22)8-21-5-3-10(4-6-21)16-20-19-15(23)9-24-16/h1-3,7,14,22H,4-6,8-9H2,(H,19,23). The fourth-order valence-corrected chi connectivity index (χ4v) is 4.01. The summed E-state index contributed by atoms with van der Waals surface area (Å²) in [5, 5.41) is 16.4. The molecule has 0 aromatic heterocycles. The summed E-state index contributed by atoms with van der Waals surface area (Å²) in [7, 11) is 0. The zero-order valence-electron chi connectivity index (χ0n) is 12.8. The van der Waals surface area contributed by atoms with E-state index in [0.717, 1.165) is 30.1 Å². The molecule has 0 saturated carbocycles. The number of hydrogen-bond donors (Lipinski definition) is 2. The SMILES string of the molecule is O=C1CSC(C2=CCN(CC(O)c3ccc(Cl)cc3Cl)CC2)=NN1. The molecular weight excluding hydrogens is 369 g/mol. The van der Waals surface area contributed by atoms with Crippen LogP contribution in [0.15, 0.2) is 34.9 Å². The van der Waals surface area contributed by atoms with Gasteiger partial charge in [-0.05, 0) is 24.1 Å². The topological polar surface area (TPSA) is 64.9 Å². The first-order valence-corrected chi connectivity index (χ1v) is 9.31. The lowest BCUT2D eigenvalue weighted by molar-refractivity contribution is -0.118. The summed E-state index contributed by atoms with van der Waals surface area (Å²) in [6.07, 6.45) is 2.27. The number of β-amino-alcohol motifs (C(OH)–C–C–N with tert-alkyl or cyclic N) is 1. The van der Waals surface area contributed by atoms with E-state index in [2.05, 4.69) is 21.5 Å². The number of rotatable bonds is 4. The Morgan fingerprint density at radius 1 is 1.42 bits per heavy atom. The molecule has 0 fully saturated rings. The van der Waals surface area contributed by atoms with Crippen LogP contribution < -0.4 is 5.43 Å². The van der Waals surface area contributed by atoms with E-state index in [9.17, 15) is 9.90 Å². The highest BCUT2D eigenvalue weighted by atomic mass is 35.5. The van der Waals surface area contributed by atoms with E-state index in [4.69, 9.17) is 23.2 Å². The van der Waals surface area contributed by atoms with Gasteiger partial charge < -0.3 is 5.11 Å². The minimum Gasteiger partial charge on any atom is -0.387 e. The van der Waals surface area contributed by atoms with Crippen LogP contribution in [0.1, 0.15) is 18.1 Å². The van der Waals surface area contributed by atoms with E-state index in [1.165, 1.54) is 11.8 Å². The van der Waals surface area contributed by atoms with E-state index >= 15 is 0 Å². The van der Waals surface area contributed by atoms with Crippen molar-refractivity contribution in [2.24, 2.45) is 5.10 Å². The van der Waals surface area contributed by atoms with Gasteiger partial charge in [0.05, 0.1) is 11.9 Å². The van der Waals surface area contributed by atoms with Crippen molar-refractivity contribution in [2.45, 2.75) is 12.5 Å². The van der Waals surface area contributed by atoms with Crippen LogP contribution in [0.4, 0.5) is 0 Å². The number of carbonyl (C=O) groups excluding carboxylic acids is 1. The third-order valence-corrected chi connectivity index (χ3v) is 5.54. The van der Waals surface area contributed by atoms with Gasteiger partial charge in [-0.15, -0.1) is 0 Å². The average Bonchev–Trinajstić information content (AvgIpc) is 2.56. The molecule has 3 rings (SSSR count). The van der Waals surface area contributed by atoms with Crippen LogP contribution in [0.5, 0.6) is 0 Å². The van der Waals surface area contributed by atoms with Gasteiger partial charge in [0.1, 0.15) is 5.04 Å². The van der Waals surface area contributed by atoms with Crippen molar-refractivity contribution in [1.29, 1.82) is 0 Å². The minimum absolute atomic E-state index is 0.0650. The molecule has 1 unspecified atom stereocenters. The molecule has 1 aromatic rings. The lowest BCUT2D eigenvalue weighted by Gasteiger charge is -2.29. The quantitative estimate of drug-likeness (QED) is 0.836. The van der Waals surface area contributed by atoms with Gasteiger partial charge >= 0.3 is 0 Å². The van der Waals surface area contributed by atoms with E-state index < -0.39 is 6.10 Å². The Morgan fingerprint density at radius 2 is 2.25 bits per heavy atom. The summed E-state index contributed by atoms with van der Waals surface area (Å²) in [5.41, 5.74) is 4.35. The Morgan fingerprint density at radius 3 is 2.88 bits per heavy atom. The van der Waals surface area contributed by atoms with Gasteiger partial charge in [-0.25, -0.2) is 5.43 Å². The number of carbonyl (C=O) groups is 1. The van der Waals surface area contributed by atoms with Crippen molar-refractivity contribution in [3.8, 4) is 0 Å². The highest BCUT2D eigenvalue weighted by Gasteiger charge is 2.22. The number of hydrogen-bond acceptors (Lipinski definition) is 5. The largest absolute Gasteiger partial charge is 0.387 e. The van der Waals surface area contributed by atoms with Crippen molar-refractivity contribution in [3.63, 3.8) is 0 Å². The van der Waals surface area contributed by atoms with Crippen LogP contribution >= 0.6 is 35.0 Å². The smallest absolute Gasteiger partial charge is 0.250 e. The van der Waals surface area contributed by atoms with Crippen molar-refractivity contribution < 1.29 is 9.90 Å². The molecule has 0 spiro atoms. The number of hydrazone groups is 1. The van der Waals surface area contributed by atoms with E-state index in [1.807, 2.05) is 0 Å². The highest BCUT2D eigenvalue weighted by Crippen LogP contribution is 2.28. The third kappa shape index (κ3) is 4.32. The fourth-order valence-electron chi connectivity index (χ4n) is 2.66. The predicted octanol–water partition coefficient (Wildman–Crippen LogP) is 2.84. The Hall–Kier alpha value is -1.05. The van der Waals surface area contributed by atoms with Gasteiger partial charge in [-0.3, -0.25) is 9.69 Å². The van der Waals surface area contributed by atoms with Gasteiger partial charge in [-0.1, -0.05) is 47.1 Å². The molecule has 8 heteroatoms. The zero-order valence-corrected chi connectivity index (χ0v) is 15.2. The molecule has 1 atom stereocenters. The highest BCUT2D eigenvalue weighted by molar-refractivity contribution is 8.15. The van der Waals surface area contributed by atoms with Crippen LogP contribution in [0.3, 0.4) is 0 Å². The molecule has 2 aliphatic rings. The molecule has 24 heavy (non-hydrogen) atoms. The molecule has 1 amide bonds. The molecule has 2 aliphatic heterocycles. The maximum Gasteiger partial charge on any atom is 0.250 e. The number of aliphatic hydroxyl groups is 1. The number of thioether (sulfide) groups is 1. The molecule has 0 saturated heterocycles. The number of aliphatic hydroxyl groups excluding tert-OH is 1. The van der Waals surface area contributed by atoms with Gasteiger partial charge in [0, 0.05) is 35.2 Å². The van der Waals surface area contributed by atoms with Crippen molar-refractivity contribution >= 4 is 45.9 Å². The van der Waals surface area contributed by atoms with Gasteiger partial charge in [0.2, 0.25) is 0 Å². The molecule has 0 bridgehead atoms. The number of nitrogens with one attached hydrogen (secondary N) is 1. The Labute approximate surface area is 154 Å². The fraction of sp³-hybridized carbons (Fsp3) is 0.375. The van der Waals surface area contributed by atoms with Crippen molar-refractivity contribution in [1.82, 2.24) is 10.3 Å². The predicted molar refractivity (Wildman–Crippen MR) is 98.6 cm³/mol. The maximum absolute atomic E-state index is 11.1. The number of nitrogens with zero attached hydrogens (tertiary/aromatic N) is 2. The second-order valence-electron chi connectivity index (χ2n) is 5.66. The van der Waals surface area contributed by atoms with Crippen LogP contribution in [0.2, 0.25) is 10.0 Å². The molecule has 0 radical (unpaired) electrons. The molecule has 1 aromatic carbocycles. The Kier molecular flexibility index (Phi) is 5.84. The number of benzene rings is 1. The zero-order chi connectivity index (χ0) is 17.1. The summed E-state index contributed by atoms with van der Waals surface area (Å²) < 4.78 is 0. The molecule has 5 nitrogen and oxygen atoms in total. The summed E-state index contributed by atoms with van der Waals surface area (Å²) in [5.74, 6) is 0.345. The third-order valence-electron chi connectivity index (χ3n) is 3.94. The maximum atomic E-state index is 11.1. The lowest BCUT2D eigenvalue weighted by atomic mass is 10.1. The van der Waals surface area contributed by atoms with Crippen molar-refractivity contribution in [3.05, 3.63) is 45.5 Å². The summed E-state index contributed by atoms with van der Waals surface area (Å²) in [6, 6.07) is 5.13. The summed E-state index contributed by atoms with van der Waals surface area (Å²) >= 11 is 13.5. The number of amides is 1. The Bertz CT molecular complexity index is 709. The van der Waals surface area contributed by atoms with Crippen LogP contribution in [0, 0.1) is 0 Å². The second kappa shape index (κ2) is 7.89. The minimum atomic E-state index is -0.662. The normalized spacial score (nSPS) is 20.2. The first-order chi connectivity index (χ1) is 11.5. The van der Waals surface area contributed by atoms with Crippen LogP contribution in [-0.4, -0.2) is 46.3 Å². The van der Waals surface area contributed by atoms with Crippen molar-refractivity contribution in [2.75, 3.05) is 25.4 Å². The second-order valence-corrected chi connectivity index (χ2v) is 7.47. The summed E-state index contributed by atoms with van der Waals surface area (Å²) in [6.45, 7) is 2.05. The van der Waals surface area contributed by atoms with E-state index in [-0.39, 0.29) is 5.91 Å². The number of halogens is 2. The molecule has 128 valence electrons. The molecular formula is C16H17Cl2N3O2S. The molecule has 2 N–H and O–H groups in total. The average molecular weight is 386 g/mol. The Balaban J connectivity index is 1.59. The van der Waals surface area contributed by atoms with Crippen LogP contribution in [0.25, 0.3) is 0 Å².